The lowest BCUT2D eigenvalue weighted by atomic mass is 10.1. The molecule has 2 aliphatic rings. The highest BCUT2D eigenvalue weighted by Crippen LogP contribution is 2.32. The molecule has 4 rings (SSSR count). The van der Waals surface area contributed by atoms with Crippen molar-refractivity contribution in [2.45, 2.75) is 26.8 Å². The van der Waals surface area contributed by atoms with E-state index in [0.717, 1.165) is 37.6 Å². The molecule has 6 nitrogen and oxygen atoms in total. The number of piperazine rings is 1. The van der Waals surface area contributed by atoms with Crippen molar-refractivity contribution >= 4 is 17.3 Å². The minimum absolute atomic E-state index is 0.0388. The first kappa shape index (κ1) is 19.6. The second-order valence-corrected chi connectivity index (χ2v) is 7.93. The molecule has 29 heavy (non-hydrogen) atoms. The van der Waals surface area contributed by atoms with Gasteiger partial charge in [-0.3, -0.25) is 4.79 Å². The molecule has 2 heterocycles. The molecule has 2 N–H and O–H groups in total. The minimum atomic E-state index is -0.107. The quantitative estimate of drug-likeness (QED) is 0.828. The van der Waals surface area contributed by atoms with Gasteiger partial charge in [0.05, 0.1) is 26.2 Å². The van der Waals surface area contributed by atoms with Crippen molar-refractivity contribution in [1.29, 1.82) is 0 Å². The molecule has 2 aromatic rings. The Labute approximate surface area is 172 Å². The molecule has 1 fully saturated rings. The molecule has 2 aromatic carbocycles. The highest BCUT2D eigenvalue weighted by atomic mass is 16.6. The maximum Gasteiger partial charge on any atom is 0.282 e. The second kappa shape index (κ2) is 8.33. The Hall–Kier alpha value is -2.73. The lowest BCUT2D eigenvalue weighted by Crippen LogP contribution is -3.19. The Bertz CT molecular complexity index is 891. The average Bonchev–Trinajstić information content (AvgIpc) is 2.75. The van der Waals surface area contributed by atoms with E-state index in [2.05, 4.69) is 42.3 Å². The Morgan fingerprint density at radius 3 is 2.55 bits per heavy atom. The summed E-state index contributed by atoms with van der Waals surface area (Å²) in [5, 5.41) is 3.04. The number of nitrogens with one attached hydrogen (secondary N) is 2. The lowest BCUT2D eigenvalue weighted by molar-refractivity contribution is -0.914. The van der Waals surface area contributed by atoms with Gasteiger partial charge in [-0.05, 0) is 50.1 Å². The fraction of sp³-hybridized carbons (Fsp3) is 0.435. The molecule has 0 bridgehead atoms. The van der Waals surface area contributed by atoms with Gasteiger partial charge in [0, 0.05) is 17.4 Å². The number of aryl methyl sites for hydroxylation is 1. The highest BCUT2D eigenvalue weighted by molar-refractivity contribution is 5.94. The number of amides is 1. The van der Waals surface area contributed by atoms with E-state index >= 15 is 0 Å². The zero-order chi connectivity index (χ0) is 20.4. The summed E-state index contributed by atoms with van der Waals surface area (Å²) in [6.07, 6.45) is 0. The molecule has 6 heteroatoms. The van der Waals surface area contributed by atoms with Crippen LogP contribution in [0.2, 0.25) is 0 Å². The van der Waals surface area contributed by atoms with Gasteiger partial charge in [0.1, 0.15) is 13.2 Å². The number of anilines is 2. The molecule has 0 aliphatic carbocycles. The largest absolute Gasteiger partial charge is 0.486 e. The van der Waals surface area contributed by atoms with Crippen molar-refractivity contribution in [2.24, 2.45) is 0 Å². The molecule has 0 aromatic heterocycles. The summed E-state index contributed by atoms with van der Waals surface area (Å²) in [4.78, 5) is 16.6. The van der Waals surface area contributed by atoms with Crippen molar-refractivity contribution in [3.63, 3.8) is 0 Å². The topological polar surface area (TPSA) is 55.2 Å². The van der Waals surface area contributed by atoms with Crippen LogP contribution < -0.4 is 24.6 Å². The summed E-state index contributed by atoms with van der Waals surface area (Å²) in [5.41, 5.74) is 4.74. The van der Waals surface area contributed by atoms with Crippen molar-refractivity contribution in [1.82, 2.24) is 0 Å². The first-order valence-electron chi connectivity index (χ1n) is 10.4. The predicted molar refractivity (Wildman–Crippen MR) is 114 cm³/mol. The van der Waals surface area contributed by atoms with E-state index in [1.807, 2.05) is 25.1 Å². The number of benzene rings is 2. The van der Waals surface area contributed by atoms with Crippen LogP contribution in [0.4, 0.5) is 11.4 Å². The summed E-state index contributed by atoms with van der Waals surface area (Å²) < 4.78 is 11.1. The minimum Gasteiger partial charge on any atom is -0.486 e. The van der Waals surface area contributed by atoms with Gasteiger partial charge in [-0.25, -0.2) is 0 Å². The van der Waals surface area contributed by atoms with Gasteiger partial charge in [-0.2, -0.15) is 0 Å². The molecule has 154 valence electrons. The monoisotopic (exact) mass is 396 g/mol. The van der Waals surface area contributed by atoms with Crippen molar-refractivity contribution in [3.05, 3.63) is 47.5 Å². The number of rotatable bonds is 4. The van der Waals surface area contributed by atoms with Crippen molar-refractivity contribution < 1.29 is 19.2 Å². The van der Waals surface area contributed by atoms with E-state index in [1.165, 1.54) is 21.7 Å². The molecule has 1 amide bonds. The number of quaternary nitrogens is 1. The van der Waals surface area contributed by atoms with Crippen LogP contribution in [0, 0.1) is 13.8 Å². The number of nitrogens with zero attached hydrogens (tertiary/aromatic N) is 1. The Balaban J connectivity index is 1.35. The Kier molecular flexibility index (Phi) is 5.62. The third-order valence-corrected chi connectivity index (χ3v) is 6.14. The molecule has 0 saturated carbocycles. The van der Waals surface area contributed by atoms with Gasteiger partial charge in [-0.15, -0.1) is 0 Å². The maximum absolute atomic E-state index is 12.8. The van der Waals surface area contributed by atoms with E-state index < -0.39 is 0 Å². The van der Waals surface area contributed by atoms with E-state index in [0.29, 0.717) is 19.0 Å². The fourth-order valence-corrected chi connectivity index (χ4v) is 4.10. The smallest absolute Gasteiger partial charge is 0.282 e. The molecular formula is C23H30N3O3+. The third-order valence-electron chi connectivity index (χ3n) is 6.14. The van der Waals surface area contributed by atoms with Crippen LogP contribution in [0.25, 0.3) is 0 Å². The van der Waals surface area contributed by atoms with Crippen LogP contribution in [0.15, 0.2) is 36.4 Å². The standard InChI is InChI=1S/C23H29N3O3/c1-16-5-4-6-20(17(16)2)26-11-9-25(10-12-26)18(3)23(27)24-19-7-8-21-22(15-19)29-14-13-28-21/h4-8,15,18H,9-14H2,1-3H3,(H,24,27)/p+1/t18-/m1/s1. The molecule has 1 saturated heterocycles. The summed E-state index contributed by atoms with van der Waals surface area (Å²) in [6.45, 7) is 11.3. The average molecular weight is 397 g/mol. The number of hydrogen-bond donors (Lipinski definition) is 2. The number of hydrogen-bond acceptors (Lipinski definition) is 4. The second-order valence-electron chi connectivity index (χ2n) is 7.93. The van der Waals surface area contributed by atoms with Gasteiger partial charge < -0.3 is 24.6 Å². The maximum atomic E-state index is 12.8. The molecule has 0 spiro atoms. The number of fused-ring (bicyclic) bond motifs is 1. The first-order chi connectivity index (χ1) is 14.0. The third kappa shape index (κ3) is 4.17. The number of carbonyl (C=O) groups excluding carboxylic acids is 1. The Morgan fingerprint density at radius 1 is 1.07 bits per heavy atom. The van der Waals surface area contributed by atoms with E-state index in [9.17, 15) is 4.79 Å². The lowest BCUT2D eigenvalue weighted by Gasteiger charge is -2.36. The van der Waals surface area contributed by atoms with Gasteiger partial charge in [-0.1, -0.05) is 12.1 Å². The summed E-state index contributed by atoms with van der Waals surface area (Å²) >= 11 is 0. The Morgan fingerprint density at radius 2 is 1.79 bits per heavy atom. The SMILES string of the molecule is Cc1cccc(N2CC[NH+]([C@H](C)C(=O)Nc3ccc4c(c3)OCCO4)CC2)c1C. The molecule has 0 radical (unpaired) electrons. The highest BCUT2D eigenvalue weighted by Gasteiger charge is 2.30. The summed E-state index contributed by atoms with van der Waals surface area (Å²) in [6, 6.07) is 11.9. The van der Waals surface area contributed by atoms with Crippen LogP contribution in [0.3, 0.4) is 0 Å². The van der Waals surface area contributed by atoms with Gasteiger partial charge in [0.25, 0.3) is 5.91 Å². The molecular weight excluding hydrogens is 366 g/mol. The van der Waals surface area contributed by atoms with E-state index in [4.69, 9.17) is 9.47 Å². The van der Waals surface area contributed by atoms with Gasteiger partial charge in [0.2, 0.25) is 0 Å². The van der Waals surface area contributed by atoms with Crippen molar-refractivity contribution in [3.8, 4) is 11.5 Å². The van der Waals surface area contributed by atoms with Crippen LogP contribution >= 0.6 is 0 Å². The van der Waals surface area contributed by atoms with E-state index in [-0.39, 0.29) is 11.9 Å². The fourth-order valence-electron chi connectivity index (χ4n) is 4.10. The predicted octanol–water partition coefficient (Wildman–Crippen LogP) is 1.81. The number of carbonyl (C=O) groups is 1. The first-order valence-corrected chi connectivity index (χ1v) is 10.4. The van der Waals surface area contributed by atoms with Crippen LogP contribution in [-0.2, 0) is 4.79 Å². The molecule has 2 aliphatic heterocycles. The van der Waals surface area contributed by atoms with Crippen molar-refractivity contribution in [2.75, 3.05) is 49.6 Å². The van der Waals surface area contributed by atoms with Crippen LogP contribution in [0.1, 0.15) is 18.1 Å². The van der Waals surface area contributed by atoms with Crippen LogP contribution in [-0.4, -0.2) is 51.3 Å². The zero-order valence-corrected chi connectivity index (χ0v) is 17.5. The zero-order valence-electron chi connectivity index (χ0n) is 17.5. The normalized spacial score (nSPS) is 17.7. The molecule has 0 unspecified atom stereocenters. The summed E-state index contributed by atoms with van der Waals surface area (Å²) in [5.74, 6) is 1.46. The van der Waals surface area contributed by atoms with Gasteiger partial charge in [0.15, 0.2) is 17.5 Å². The van der Waals surface area contributed by atoms with Crippen LogP contribution in [0.5, 0.6) is 11.5 Å². The number of ether oxygens (including phenoxy) is 2. The molecule has 1 atom stereocenters. The summed E-state index contributed by atoms with van der Waals surface area (Å²) in [7, 11) is 0. The van der Waals surface area contributed by atoms with E-state index in [1.54, 1.807) is 0 Å². The van der Waals surface area contributed by atoms with Gasteiger partial charge >= 0.3 is 0 Å².